The van der Waals surface area contributed by atoms with Crippen molar-refractivity contribution in [1.29, 1.82) is 0 Å². The summed E-state index contributed by atoms with van der Waals surface area (Å²) in [6, 6.07) is 1.66. The van der Waals surface area contributed by atoms with Crippen LogP contribution in [0.25, 0.3) is 0 Å². The van der Waals surface area contributed by atoms with Gasteiger partial charge in [-0.1, -0.05) is 12.8 Å². The molecule has 1 aliphatic heterocycles. The van der Waals surface area contributed by atoms with Crippen LogP contribution in [0.4, 0.5) is 0 Å². The molecule has 2 heteroatoms. The zero-order valence-corrected chi connectivity index (χ0v) is 10.6. The largest absolute Gasteiger partial charge is 0.310 e. The normalized spacial score (nSPS) is 39.0. The van der Waals surface area contributed by atoms with Crippen molar-refractivity contribution in [2.75, 3.05) is 20.1 Å². The van der Waals surface area contributed by atoms with Gasteiger partial charge in [-0.3, -0.25) is 0 Å². The van der Waals surface area contributed by atoms with Crippen LogP contribution in [0.2, 0.25) is 0 Å². The number of hydrogen-bond acceptors (Lipinski definition) is 2. The van der Waals surface area contributed by atoms with Crippen molar-refractivity contribution in [3.63, 3.8) is 0 Å². The molecule has 1 N–H and O–H groups in total. The minimum Gasteiger partial charge on any atom is -0.310 e. The van der Waals surface area contributed by atoms with Crippen molar-refractivity contribution in [3.8, 4) is 0 Å². The maximum atomic E-state index is 3.88. The Morgan fingerprint density at radius 1 is 1.06 bits per heavy atom. The first-order chi connectivity index (χ1) is 7.81. The molecule has 1 heterocycles. The number of nitrogens with one attached hydrogen (secondary N) is 1. The Hall–Kier alpha value is -0.0800. The second-order valence-electron chi connectivity index (χ2n) is 6.41. The topological polar surface area (TPSA) is 15.3 Å². The van der Waals surface area contributed by atoms with Crippen LogP contribution in [0.15, 0.2) is 0 Å². The van der Waals surface area contributed by atoms with Gasteiger partial charge in [0.15, 0.2) is 0 Å². The maximum Gasteiger partial charge on any atom is 0.0200 e. The highest BCUT2D eigenvalue weighted by Gasteiger charge is 2.35. The molecule has 3 rings (SSSR count). The molecule has 3 atom stereocenters. The SMILES string of the molecule is CN(CC1CC1)CC1CC2CCCCC2N1. The van der Waals surface area contributed by atoms with Gasteiger partial charge in [-0.2, -0.15) is 0 Å². The fraction of sp³-hybridized carbons (Fsp3) is 1.00. The molecule has 2 nitrogen and oxygen atoms in total. The van der Waals surface area contributed by atoms with Crippen LogP contribution in [-0.4, -0.2) is 37.1 Å². The Kier molecular flexibility index (Phi) is 3.21. The molecule has 0 bridgehead atoms. The van der Waals surface area contributed by atoms with Crippen LogP contribution >= 0.6 is 0 Å². The third-order valence-electron chi connectivity index (χ3n) is 4.74. The Morgan fingerprint density at radius 3 is 2.62 bits per heavy atom. The molecule has 0 radical (unpaired) electrons. The van der Waals surface area contributed by atoms with E-state index in [1.54, 1.807) is 0 Å². The minimum absolute atomic E-state index is 0.789. The standard InChI is InChI=1S/C14H26N2/c1-16(9-11-6-7-11)10-13-8-12-4-2-3-5-14(12)15-13/h11-15H,2-10H2,1H3. The predicted molar refractivity (Wildman–Crippen MR) is 67.5 cm³/mol. The van der Waals surface area contributed by atoms with Crippen molar-refractivity contribution >= 4 is 0 Å². The van der Waals surface area contributed by atoms with E-state index >= 15 is 0 Å². The Bertz CT molecular complexity index is 223. The molecule has 0 amide bonds. The van der Waals surface area contributed by atoms with E-state index in [0.29, 0.717) is 0 Å². The Morgan fingerprint density at radius 2 is 1.88 bits per heavy atom. The van der Waals surface area contributed by atoms with E-state index in [-0.39, 0.29) is 0 Å². The van der Waals surface area contributed by atoms with E-state index < -0.39 is 0 Å². The van der Waals surface area contributed by atoms with Gasteiger partial charge in [0.25, 0.3) is 0 Å². The van der Waals surface area contributed by atoms with Gasteiger partial charge >= 0.3 is 0 Å². The second-order valence-corrected chi connectivity index (χ2v) is 6.41. The first-order valence-electron chi connectivity index (χ1n) is 7.26. The molecule has 0 aromatic rings. The van der Waals surface area contributed by atoms with E-state index in [1.807, 2.05) is 0 Å². The summed E-state index contributed by atoms with van der Waals surface area (Å²) in [5, 5.41) is 3.88. The van der Waals surface area contributed by atoms with Gasteiger partial charge in [-0.15, -0.1) is 0 Å². The summed E-state index contributed by atoms with van der Waals surface area (Å²) < 4.78 is 0. The first-order valence-corrected chi connectivity index (χ1v) is 7.26. The number of hydrogen-bond donors (Lipinski definition) is 1. The zero-order valence-electron chi connectivity index (χ0n) is 10.6. The van der Waals surface area contributed by atoms with Gasteiger partial charge < -0.3 is 10.2 Å². The fourth-order valence-electron chi connectivity index (χ4n) is 3.76. The number of fused-ring (bicyclic) bond motifs is 1. The number of nitrogens with zero attached hydrogens (tertiary/aromatic N) is 1. The van der Waals surface area contributed by atoms with Crippen molar-refractivity contribution < 1.29 is 0 Å². The average molecular weight is 222 g/mol. The Labute approximate surface area is 99.8 Å². The van der Waals surface area contributed by atoms with Crippen molar-refractivity contribution in [2.45, 2.75) is 57.0 Å². The summed E-state index contributed by atoms with van der Waals surface area (Å²) in [6.07, 6.45) is 10.3. The molecule has 0 spiro atoms. The predicted octanol–water partition coefficient (Wildman–Crippen LogP) is 2.25. The van der Waals surface area contributed by atoms with Crippen LogP contribution in [0.1, 0.15) is 44.9 Å². The van der Waals surface area contributed by atoms with Crippen LogP contribution in [0.3, 0.4) is 0 Å². The molecular formula is C14H26N2. The summed E-state index contributed by atoms with van der Waals surface area (Å²) in [5.74, 6) is 2.04. The van der Waals surface area contributed by atoms with Crippen molar-refractivity contribution in [1.82, 2.24) is 10.2 Å². The van der Waals surface area contributed by atoms with Crippen molar-refractivity contribution in [3.05, 3.63) is 0 Å². The molecule has 0 aromatic heterocycles. The van der Waals surface area contributed by atoms with E-state index in [1.165, 1.54) is 58.0 Å². The average Bonchev–Trinajstić information content (AvgIpc) is 2.97. The summed E-state index contributed by atoms with van der Waals surface area (Å²) in [5.41, 5.74) is 0. The van der Waals surface area contributed by atoms with Crippen LogP contribution in [-0.2, 0) is 0 Å². The van der Waals surface area contributed by atoms with E-state index in [9.17, 15) is 0 Å². The molecule has 0 aromatic carbocycles. The highest BCUT2D eigenvalue weighted by molar-refractivity contribution is 4.94. The van der Waals surface area contributed by atoms with E-state index in [4.69, 9.17) is 0 Å². The Balaban J connectivity index is 1.45. The van der Waals surface area contributed by atoms with Crippen LogP contribution in [0.5, 0.6) is 0 Å². The summed E-state index contributed by atoms with van der Waals surface area (Å²) in [6.45, 7) is 2.62. The molecule has 1 saturated heterocycles. The molecule has 3 fully saturated rings. The van der Waals surface area contributed by atoms with Gasteiger partial charge in [-0.25, -0.2) is 0 Å². The first kappa shape index (κ1) is 11.0. The van der Waals surface area contributed by atoms with Crippen molar-refractivity contribution in [2.24, 2.45) is 11.8 Å². The van der Waals surface area contributed by atoms with Gasteiger partial charge in [0.1, 0.15) is 0 Å². The lowest BCUT2D eigenvalue weighted by molar-refractivity contribution is 0.285. The van der Waals surface area contributed by atoms with Gasteiger partial charge in [0.05, 0.1) is 0 Å². The highest BCUT2D eigenvalue weighted by Crippen LogP contribution is 2.34. The molecular weight excluding hydrogens is 196 g/mol. The smallest absolute Gasteiger partial charge is 0.0200 e. The monoisotopic (exact) mass is 222 g/mol. The molecule has 92 valence electrons. The van der Waals surface area contributed by atoms with Gasteiger partial charge in [-0.05, 0) is 51.0 Å². The van der Waals surface area contributed by atoms with Gasteiger partial charge in [0.2, 0.25) is 0 Å². The molecule has 3 unspecified atom stereocenters. The molecule has 2 saturated carbocycles. The number of rotatable bonds is 4. The summed E-state index contributed by atoms with van der Waals surface area (Å²) >= 11 is 0. The van der Waals surface area contributed by atoms with E-state index in [2.05, 4.69) is 17.3 Å². The van der Waals surface area contributed by atoms with Crippen LogP contribution < -0.4 is 5.32 Å². The lowest BCUT2D eigenvalue weighted by Crippen LogP contribution is -2.39. The zero-order chi connectivity index (χ0) is 11.0. The quantitative estimate of drug-likeness (QED) is 0.785. The number of likely N-dealkylation sites (N-methyl/N-ethyl adjacent to an activating group) is 1. The molecule has 16 heavy (non-hydrogen) atoms. The fourth-order valence-corrected chi connectivity index (χ4v) is 3.76. The third kappa shape index (κ3) is 2.60. The minimum atomic E-state index is 0.789. The van der Waals surface area contributed by atoms with Crippen LogP contribution in [0, 0.1) is 11.8 Å². The van der Waals surface area contributed by atoms with Gasteiger partial charge in [0, 0.05) is 25.2 Å². The summed E-state index contributed by atoms with van der Waals surface area (Å²) in [7, 11) is 2.31. The second kappa shape index (κ2) is 4.66. The third-order valence-corrected chi connectivity index (χ3v) is 4.74. The summed E-state index contributed by atoms with van der Waals surface area (Å²) in [4.78, 5) is 2.56. The lowest BCUT2D eigenvalue weighted by Gasteiger charge is -2.24. The lowest BCUT2D eigenvalue weighted by atomic mass is 9.85. The van der Waals surface area contributed by atoms with E-state index in [0.717, 1.165) is 23.9 Å². The highest BCUT2D eigenvalue weighted by atomic mass is 15.1. The molecule has 2 aliphatic carbocycles. The maximum absolute atomic E-state index is 3.88. The molecule has 3 aliphatic rings.